The largest absolute Gasteiger partial charge is 0.493 e. The number of hydrogen-bond acceptors (Lipinski definition) is 4. The van der Waals surface area contributed by atoms with Gasteiger partial charge < -0.3 is 9.47 Å². The average Bonchev–Trinajstić information content (AvgIpc) is 2.63. The van der Waals surface area contributed by atoms with E-state index in [1.807, 2.05) is 24.3 Å². The average molecular weight is 326 g/mol. The van der Waals surface area contributed by atoms with Gasteiger partial charge in [0.15, 0.2) is 11.5 Å². The Morgan fingerprint density at radius 2 is 1.96 bits per heavy atom. The number of hydrogen-bond donors (Lipinski definition) is 1. The van der Waals surface area contributed by atoms with Crippen molar-refractivity contribution in [2.75, 3.05) is 13.7 Å². The lowest BCUT2D eigenvalue weighted by molar-refractivity contribution is 0.0955. The first-order chi connectivity index (χ1) is 11.7. The normalized spacial score (nSPS) is 10.6. The summed E-state index contributed by atoms with van der Waals surface area (Å²) in [5.41, 5.74) is 3.87. The van der Waals surface area contributed by atoms with E-state index in [2.05, 4.69) is 17.5 Å². The van der Waals surface area contributed by atoms with Crippen LogP contribution in [-0.2, 0) is 0 Å². The van der Waals surface area contributed by atoms with Gasteiger partial charge in [-0.05, 0) is 42.3 Å². The molecule has 0 atom stereocenters. The number of benzene rings is 2. The molecule has 1 N–H and O–H groups in total. The minimum Gasteiger partial charge on any atom is -0.493 e. The van der Waals surface area contributed by atoms with Gasteiger partial charge in [-0.3, -0.25) is 4.79 Å². The lowest BCUT2D eigenvalue weighted by Gasteiger charge is -2.10. The standard InChI is InChI=1S/C19H22N2O3/c1-3-4-12-24-17-11-10-15(13-18(17)23-2)14-20-21-19(22)16-8-6-5-7-9-16/h5-11,13-14H,3-4,12H2,1-2H3,(H,21,22)/b20-14+. The molecule has 0 fully saturated rings. The Balaban J connectivity index is 1.98. The third-order valence-electron chi connectivity index (χ3n) is 3.36. The summed E-state index contributed by atoms with van der Waals surface area (Å²) in [7, 11) is 1.60. The highest BCUT2D eigenvalue weighted by Gasteiger charge is 2.05. The number of ether oxygens (including phenoxy) is 2. The third-order valence-corrected chi connectivity index (χ3v) is 3.36. The molecule has 0 radical (unpaired) electrons. The van der Waals surface area contributed by atoms with Crippen LogP contribution >= 0.6 is 0 Å². The van der Waals surface area contributed by atoms with E-state index in [4.69, 9.17) is 9.47 Å². The molecule has 0 spiro atoms. The maximum absolute atomic E-state index is 11.9. The van der Waals surface area contributed by atoms with Crippen LogP contribution in [0, 0.1) is 0 Å². The Labute approximate surface area is 142 Å². The van der Waals surface area contributed by atoms with Crippen molar-refractivity contribution in [1.29, 1.82) is 0 Å². The number of unbranched alkanes of at least 4 members (excludes halogenated alkanes) is 1. The van der Waals surface area contributed by atoms with Crippen LogP contribution < -0.4 is 14.9 Å². The topological polar surface area (TPSA) is 59.9 Å². The Hall–Kier alpha value is -2.82. The van der Waals surface area contributed by atoms with Gasteiger partial charge in [0.1, 0.15) is 0 Å². The molecule has 2 rings (SSSR count). The minimum atomic E-state index is -0.252. The first-order valence-electron chi connectivity index (χ1n) is 7.94. The molecule has 0 saturated carbocycles. The van der Waals surface area contributed by atoms with Crippen molar-refractivity contribution in [2.45, 2.75) is 19.8 Å². The second-order valence-corrected chi connectivity index (χ2v) is 5.18. The number of methoxy groups -OCH3 is 1. The maximum Gasteiger partial charge on any atom is 0.271 e. The van der Waals surface area contributed by atoms with Gasteiger partial charge >= 0.3 is 0 Å². The molecule has 5 heteroatoms. The predicted molar refractivity (Wildman–Crippen MR) is 94.9 cm³/mol. The van der Waals surface area contributed by atoms with E-state index < -0.39 is 0 Å². The van der Waals surface area contributed by atoms with Crippen LogP contribution in [0.15, 0.2) is 53.6 Å². The van der Waals surface area contributed by atoms with E-state index in [0.717, 1.165) is 18.4 Å². The summed E-state index contributed by atoms with van der Waals surface area (Å²) >= 11 is 0. The fourth-order valence-electron chi connectivity index (χ4n) is 2.03. The lowest BCUT2D eigenvalue weighted by Crippen LogP contribution is -2.17. The molecule has 0 aliphatic carbocycles. The zero-order valence-electron chi connectivity index (χ0n) is 14.0. The molecule has 126 valence electrons. The van der Waals surface area contributed by atoms with E-state index in [-0.39, 0.29) is 5.91 Å². The molecule has 24 heavy (non-hydrogen) atoms. The summed E-state index contributed by atoms with van der Waals surface area (Å²) in [5, 5.41) is 3.98. The molecule has 2 aromatic rings. The highest BCUT2D eigenvalue weighted by molar-refractivity contribution is 5.94. The first kappa shape index (κ1) is 17.5. The Morgan fingerprint density at radius 3 is 2.67 bits per heavy atom. The van der Waals surface area contributed by atoms with Gasteiger partial charge in [-0.15, -0.1) is 0 Å². The highest BCUT2D eigenvalue weighted by Crippen LogP contribution is 2.27. The quantitative estimate of drug-likeness (QED) is 0.458. The third kappa shape index (κ3) is 5.12. The second-order valence-electron chi connectivity index (χ2n) is 5.18. The number of nitrogens with one attached hydrogen (secondary N) is 1. The predicted octanol–water partition coefficient (Wildman–Crippen LogP) is 3.64. The van der Waals surface area contributed by atoms with Crippen LogP contribution in [0.2, 0.25) is 0 Å². The zero-order valence-corrected chi connectivity index (χ0v) is 14.0. The van der Waals surface area contributed by atoms with Crippen LogP contribution in [0.4, 0.5) is 0 Å². The fraction of sp³-hybridized carbons (Fsp3) is 0.263. The summed E-state index contributed by atoms with van der Waals surface area (Å²) in [5.74, 6) is 1.10. The van der Waals surface area contributed by atoms with Crippen molar-refractivity contribution in [3.63, 3.8) is 0 Å². The molecule has 1 amide bonds. The fourth-order valence-corrected chi connectivity index (χ4v) is 2.03. The van der Waals surface area contributed by atoms with Crippen LogP contribution in [0.1, 0.15) is 35.7 Å². The molecular formula is C19H22N2O3. The molecule has 2 aromatic carbocycles. The number of hydrazone groups is 1. The molecule has 5 nitrogen and oxygen atoms in total. The van der Waals surface area contributed by atoms with Gasteiger partial charge in [0.2, 0.25) is 0 Å². The molecular weight excluding hydrogens is 304 g/mol. The van der Waals surface area contributed by atoms with Gasteiger partial charge in [-0.1, -0.05) is 31.5 Å². The van der Waals surface area contributed by atoms with Crippen LogP contribution in [0.5, 0.6) is 11.5 Å². The highest BCUT2D eigenvalue weighted by atomic mass is 16.5. The Kier molecular flexibility index (Phi) is 6.83. The molecule has 0 aliphatic rings. The molecule has 0 saturated heterocycles. The first-order valence-corrected chi connectivity index (χ1v) is 7.94. The summed E-state index contributed by atoms with van der Waals surface area (Å²) in [6.07, 6.45) is 3.64. The minimum absolute atomic E-state index is 0.252. The van der Waals surface area contributed by atoms with Gasteiger partial charge in [0, 0.05) is 5.56 Å². The van der Waals surface area contributed by atoms with Crippen molar-refractivity contribution in [1.82, 2.24) is 5.43 Å². The zero-order chi connectivity index (χ0) is 17.2. The summed E-state index contributed by atoms with van der Waals surface area (Å²) in [6.45, 7) is 2.78. The van der Waals surface area contributed by atoms with Gasteiger partial charge in [0.05, 0.1) is 19.9 Å². The van der Waals surface area contributed by atoms with Gasteiger partial charge in [-0.25, -0.2) is 5.43 Å². The number of amides is 1. The van der Waals surface area contributed by atoms with E-state index in [0.29, 0.717) is 23.7 Å². The molecule has 0 aromatic heterocycles. The number of nitrogens with zero attached hydrogens (tertiary/aromatic N) is 1. The van der Waals surface area contributed by atoms with E-state index in [9.17, 15) is 4.79 Å². The SMILES string of the molecule is CCCCOc1ccc(/C=N/NC(=O)c2ccccc2)cc1OC. The lowest BCUT2D eigenvalue weighted by atomic mass is 10.2. The van der Waals surface area contributed by atoms with Gasteiger partial charge in [0.25, 0.3) is 5.91 Å². The van der Waals surface area contributed by atoms with Gasteiger partial charge in [-0.2, -0.15) is 5.10 Å². The molecule has 0 aliphatic heterocycles. The van der Waals surface area contributed by atoms with Crippen molar-refractivity contribution < 1.29 is 14.3 Å². The van der Waals surface area contributed by atoms with E-state index in [1.165, 1.54) is 0 Å². The van der Waals surface area contributed by atoms with Crippen LogP contribution in [-0.4, -0.2) is 25.8 Å². The van der Waals surface area contributed by atoms with Crippen molar-refractivity contribution in [3.05, 3.63) is 59.7 Å². The van der Waals surface area contributed by atoms with Crippen molar-refractivity contribution in [2.24, 2.45) is 5.10 Å². The van der Waals surface area contributed by atoms with E-state index >= 15 is 0 Å². The molecule has 0 unspecified atom stereocenters. The number of carbonyl (C=O) groups is 1. The monoisotopic (exact) mass is 326 g/mol. The molecule has 0 heterocycles. The summed E-state index contributed by atoms with van der Waals surface area (Å²) < 4.78 is 11.0. The second kappa shape index (κ2) is 9.35. The Morgan fingerprint density at radius 1 is 1.17 bits per heavy atom. The van der Waals surface area contributed by atoms with Crippen molar-refractivity contribution in [3.8, 4) is 11.5 Å². The molecule has 0 bridgehead atoms. The summed E-state index contributed by atoms with van der Waals surface area (Å²) in [6, 6.07) is 14.5. The van der Waals surface area contributed by atoms with Crippen LogP contribution in [0.25, 0.3) is 0 Å². The van der Waals surface area contributed by atoms with Crippen molar-refractivity contribution >= 4 is 12.1 Å². The van der Waals surface area contributed by atoms with Crippen LogP contribution in [0.3, 0.4) is 0 Å². The Bertz CT molecular complexity index is 684. The smallest absolute Gasteiger partial charge is 0.271 e. The maximum atomic E-state index is 11.9. The van der Waals surface area contributed by atoms with E-state index in [1.54, 1.807) is 37.6 Å². The summed E-state index contributed by atoms with van der Waals surface area (Å²) in [4.78, 5) is 11.9. The number of rotatable bonds is 8. The number of carbonyl (C=O) groups excluding carboxylic acids is 1.